The zero-order valence-electron chi connectivity index (χ0n) is 11.4. The second kappa shape index (κ2) is 5.71. The highest BCUT2D eigenvalue weighted by atomic mass is 15.2. The molecule has 96 valence electrons. The Morgan fingerprint density at radius 3 is 2.56 bits per heavy atom. The van der Waals surface area contributed by atoms with Gasteiger partial charge < -0.3 is 5.32 Å². The number of rotatable bonds is 5. The number of aryl methyl sites for hydroxylation is 2. The molecule has 0 aliphatic heterocycles. The van der Waals surface area contributed by atoms with Gasteiger partial charge in [0.1, 0.15) is 0 Å². The van der Waals surface area contributed by atoms with E-state index in [4.69, 9.17) is 0 Å². The van der Waals surface area contributed by atoms with Crippen molar-refractivity contribution in [2.24, 2.45) is 7.05 Å². The summed E-state index contributed by atoms with van der Waals surface area (Å²) in [5.41, 5.74) is 3.76. The summed E-state index contributed by atoms with van der Waals surface area (Å²) in [4.78, 5) is 0. The summed E-state index contributed by atoms with van der Waals surface area (Å²) in [5, 5.41) is 7.68. The van der Waals surface area contributed by atoms with Crippen molar-refractivity contribution >= 4 is 5.69 Å². The molecule has 0 radical (unpaired) electrons. The van der Waals surface area contributed by atoms with Gasteiger partial charge in [-0.2, -0.15) is 5.10 Å². The lowest BCUT2D eigenvalue weighted by Crippen LogP contribution is -2.05. The number of nitrogens with zero attached hydrogens (tertiary/aromatic N) is 2. The first-order valence-electron chi connectivity index (χ1n) is 6.53. The Balaban J connectivity index is 2.00. The Morgan fingerprint density at radius 1 is 1.28 bits per heavy atom. The van der Waals surface area contributed by atoms with Gasteiger partial charge in [-0.15, -0.1) is 0 Å². The van der Waals surface area contributed by atoms with Gasteiger partial charge in [0, 0.05) is 24.5 Å². The highest BCUT2D eigenvalue weighted by molar-refractivity contribution is 5.46. The lowest BCUT2D eigenvalue weighted by molar-refractivity contribution is 0.765. The summed E-state index contributed by atoms with van der Waals surface area (Å²) in [6.45, 7) is 4.35. The van der Waals surface area contributed by atoms with Crippen LogP contribution in [0.2, 0.25) is 0 Å². The molecule has 1 heterocycles. The third kappa shape index (κ3) is 3.13. The molecule has 0 bridgehead atoms. The van der Waals surface area contributed by atoms with E-state index in [-0.39, 0.29) is 6.04 Å². The summed E-state index contributed by atoms with van der Waals surface area (Å²) >= 11 is 0. The Labute approximate surface area is 109 Å². The summed E-state index contributed by atoms with van der Waals surface area (Å²) in [6, 6.07) is 8.97. The zero-order valence-corrected chi connectivity index (χ0v) is 11.4. The van der Waals surface area contributed by atoms with Crippen LogP contribution in [0.5, 0.6) is 0 Å². The second-order valence-corrected chi connectivity index (χ2v) is 4.76. The molecule has 0 fully saturated rings. The zero-order chi connectivity index (χ0) is 13.0. The second-order valence-electron chi connectivity index (χ2n) is 4.76. The van der Waals surface area contributed by atoms with Crippen molar-refractivity contribution in [2.45, 2.75) is 32.7 Å². The first kappa shape index (κ1) is 12.7. The molecule has 3 heteroatoms. The SMILES string of the molecule is CCCc1ccc(NC(C)c2cnn(C)c2)cc1. The monoisotopic (exact) mass is 243 g/mol. The van der Waals surface area contributed by atoms with Crippen LogP contribution in [0.3, 0.4) is 0 Å². The fraction of sp³-hybridized carbons (Fsp3) is 0.400. The highest BCUT2D eigenvalue weighted by Crippen LogP contribution is 2.19. The minimum absolute atomic E-state index is 0.274. The van der Waals surface area contributed by atoms with E-state index in [1.165, 1.54) is 17.5 Å². The molecule has 0 aliphatic rings. The van der Waals surface area contributed by atoms with Gasteiger partial charge in [0.25, 0.3) is 0 Å². The van der Waals surface area contributed by atoms with E-state index >= 15 is 0 Å². The molecule has 3 nitrogen and oxygen atoms in total. The summed E-state index contributed by atoms with van der Waals surface area (Å²) in [6.07, 6.45) is 6.30. The average Bonchev–Trinajstić information content (AvgIpc) is 2.79. The molecule has 0 amide bonds. The number of hydrogen-bond donors (Lipinski definition) is 1. The summed E-state index contributed by atoms with van der Waals surface area (Å²) in [7, 11) is 1.94. The Kier molecular flexibility index (Phi) is 4.03. The predicted octanol–water partition coefficient (Wildman–Crippen LogP) is 3.55. The standard InChI is InChI=1S/C15H21N3/c1-4-5-13-6-8-15(9-7-13)17-12(2)14-10-16-18(3)11-14/h6-12,17H,4-5H2,1-3H3. The van der Waals surface area contributed by atoms with Crippen LogP contribution in [0.4, 0.5) is 5.69 Å². The fourth-order valence-corrected chi connectivity index (χ4v) is 2.05. The lowest BCUT2D eigenvalue weighted by Gasteiger charge is -2.14. The van der Waals surface area contributed by atoms with Crippen LogP contribution < -0.4 is 5.32 Å². The van der Waals surface area contributed by atoms with Gasteiger partial charge in [0.2, 0.25) is 0 Å². The van der Waals surface area contributed by atoms with Crippen molar-refractivity contribution in [2.75, 3.05) is 5.32 Å². The molecule has 1 N–H and O–H groups in total. The normalized spacial score (nSPS) is 12.4. The van der Waals surface area contributed by atoms with Gasteiger partial charge in [-0.1, -0.05) is 25.5 Å². The third-order valence-electron chi connectivity index (χ3n) is 3.10. The van der Waals surface area contributed by atoms with E-state index in [2.05, 4.69) is 48.5 Å². The number of anilines is 1. The molecule has 0 aliphatic carbocycles. The van der Waals surface area contributed by atoms with Crippen LogP contribution in [0, 0.1) is 0 Å². The molecule has 0 spiro atoms. The lowest BCUT2D eigenvalue weighted by atomic mass is 10.1. The van der Waals surface area contributed by atoms with Crippen molar-refractivity contribution in [1.82, 2.24) is 9.78 Å². The van der Waals surface area contributed by atoms with Crippen LogP contribution in [-0.4, -0.2) is 9.78 Å². The molecule has 1 aromatic carbocycles. The molecular formula is C15H21N3. The molecule has 1 aromatic heterocycles. The smallest absolute Gasteiger partial charge is 0.0542 e. The summed E-state index contributed by atoms with van der Waals surface area (Å²) in [5.74, 6) is 0. The minimum atomic E-state index is 0.274. The van der Waals surface area contributed by atoms with Crippen LogP contribution in [0.15, 0.2) is 36.7 Å². The third-order valence-corrected chi connectivity index (χ3v) is 3.10. The number of nitrogens with one attached hydrogen (secondary N) is 1. The van der Waals surface area contributed by atoms with Crippen LogP contribution in [-0.2, 0) is 13.5 Å². The van der Waals surface area contributed by atoms with E-state index in [0.717, 1.165) is 12.1 Å². The van der Waals surface area contributed by atoms with Gasteiger partial charge in [-0.3, -0.25) is 4.68 Å². The van der Waals surface area contributed by atoms with Gasteiger partial charge in [-0.25, -0.2) is 0 Å². The maximum atomic E-state index is 4.19. The first-order chi connectivity index (χ1) is 8.69. The summed E-state index contributed by atoms with van der Waals surface area (Å²) < 4.78 is 1.83. The van der Waals surface area contributed by atoms with Crippen molar-refractivity contribution in [3.63, 3.8) is 0 Å². The van der Waals surface area contributed by atoms with E-state index in [1.54, 1.807) is 0 Å². The van der Waals surface area contributed by atoms with Crippen molar-refractivity contribution in [3.8, 4) is 0 Å². The van der Waals surface area contributed by atoms with Gasteiger partial charge in [-0.05, 0) is 31.0 Å². The molecule has 1 unspecified atom stereocenters. The molecule has 18 heavy (non-hydrogen) atoms. The largest absolute Gasteiger partial charge is 0.378 e. The highest BCUT2D eigenvalue weighted by Gasteiger charge is 2.06. The number of benzene rings is 1. The van der Waals surface area contributed by atoms with E-state index < -0.39 is 0 Å². The van der Waals surface area contributed by atoms with Crippen molar-refractivity contribution in [1.29, 1.82) is 0 Å². The molecule has 2 aromatic rings. The number of hydrogen-bond acceptors (Lipinski definition) is 2. The molecule has 0 saturated carbocycles. The quantitative estimate of drug-likeness (QED) is 0.870. The van der Waals surface area contributed by atoms with Gasteiger partial charge in [0.15, 0.2) is 0 Å². The van der Waals surface area contributed by atoms with E-state index in [1.807, 2.05) is 24.1 Å². The maximum absolute atomic E-state index is 4.19. The maximum Gasteiger partial charge on any atom is 0.0542 e. The van der Waals surface area contributed by atoms with Gasteiger partial charge in [0.05, 0.1) is 12.2 Å². The minimum Gasteiger partial charge on any atom is -0.378 e. The fourth-order valence-electron chi connectivity index (χ4n) is 2.05. The van der Waals surface area contributed by atoms with Crippen LogP contribution in [0.25, 0.3) is 0 Å². The van der Waals surface area contributed by atoms with Crippen molar-refractivity contribution in [3.05, 3.63) is 47.8 Å². The molecule has 1 atom stereocenters. The Hall–Kier alpha value is -1.77. The predicted molar refractivity (Wildman–Crippen MR) is 75.7 cm³/mol. The molecular weight excluding hydrogens is 222 g/mol. The van der Waals surface area contributed by atoms with Crippen LogP contribution >= 0.6 is 0 Å². The first-order valence-corrected chi connectivity index (χ1v) is 6.53. The van der Waals surface area contributed by atoms with E-state index in [0.29, 0.717) is 0 Å². The topological polar surface area (TPSA) is 29.9 Å². The molecule has 2 rings (SSSR count). The Bertz CT molecular complexity index is 485. The number of aromatic nitrogens is 2. The average molecular weight is 243 g/mol. The van der Waals surface area contributed by atoms with Crippen molar-refractivity contribution < 1.29 is 0 Å². The molecule has 0 saturated heterocycles. The Morgan fingerprint density at radius 2 is 2.00 bits per heavy atom. The van der Waals surface area contributed by atoms with Crippen LogP contribution in [0.1, 0.15) is 37.4 Å². The van der Waals surface area contributed by atoms with Gasteiger partial charge >= 0.3 is 0 Å². The van der Waals surface area contributed by atoms with E-state index in [9.17, 15) is 0 Å².